The molecule has 0 unspecified atom stereocenters. The van der Waals surface area contributed by atoms with E-state index in [4.69, 9.17) is 4.74 Å². The molecule has 1 aromatic carbocycles. The number of pyridine rings is 1. The zero-order chi connectivity index (χ0) is 19.3. The fraction of sp³-hybridized carbons (Fsp3) is 0.400. The van der Waals surface area contributed by atoms with Crippen molar-refractivity contribution in [3.63, 3.8) is 0 Å². The Bertz CT molecular complexity index is 952. The quantitative estimate of drug-likeness (QED) is 0.644. The van der Waals surface area contributed by atoms with Crippen molar-refractivity contribution in [1.82, 2.24) is 25.1 Å². The van der Waals surface area contributed by atoms with Gasteiger partial charge in [0, 0.05) is 24.7 Å². The van der Waals surface area contributed by atoms with Crippen molar-refractivity contribution in [2.24, 2.45) is 7.05 Å². The Morgan fingerprint density at radius 1 is 1.29 bits per heavy atom. The van der Waals surface area contributed by atoms with E-state index in [9.17, 15) is 4.79 Å². The SMILES string of the molecule is Cn1cnnc1SCC(=O)NC1CCC(Oc2ccc3ncccc3c2)CC1. The molecule has 0 spiro atoms. The number of aromatic nitrogens is 4. The molecule has 0 saturated heterocycles. The highest BCUT2D eigenvalue weighted by molar-refractivity contribution is 7.99. The van der Waals surface area contributed by atoms with E-state index in [0.29, 0.717) is 5.75 Å². The molecule has 4 rings (SSSR count). The molecule has 3 aromatic rings. The maximum atomic E-state index is 12.2. The van der Waals surface area contributed by atoms with Crippen LogP contribution in [0.5, 0.6) is 5.75 Å². The molecule has 28 heavy (non-hydrogen) atoms. The van der Waals surface area contributed by atoms with Crippen LogP contribution < -0.4 is 10.1 Å². The summed E-state index contributed by atoms with van der Waals surface area (Å²) >= 11 is 1.40. The first-order chi connectivity index (χ1) is 13.7. The van der Waals surface area contributed by atoms with Gasteiger partial charge < -0.3 is 14.6 Å². The van der Waals surface area contributed by atoms with E-state index in [1.54, 1.807) is 12.5 Å². The van der Waals surface area contributed by atoms with Gasteiger partial charge in [-0.1, -0.05) is 17.8 Å². The van der Waals surface area contributed by atoms with Crippen LogP contribution in [0.2, 0.25) is 0 Å². The number of ether oxygens (including phenoxy) is 1. The lowest BCUT2D eigenvalue weighted by Gasteiger charge is -2.29. The Kier molecular flexibility index (Phi) is 5.76. The lowest BCUT2D eigenvalue weighted by molar-refractivity contribution is -0.119. The van der Waals surface area contributed by atoms with Gasteiger partial charge in [-0.05, 0) is 49.9 Å². The van der Waals surface area contributed by atoms with Crippen LogP contribution in [-0.2, 0) is 11.8 Å². The molecule has 146 valence electrons. The summed E-state index contributed by atoms with van der Waals surface area (Å²) in [7, 11) is 1.87. The van der Waals surface area contributed by atoms with E-state index in [-0.39, 0.29) is 18.1 Å². The first kappa shape index (κ1) is 18.7. The van der Waals surface area contributed by atoms with Crippen molar-refractivity contribution >= 4 is 28.6 Å². The number of thioether (sulfide) groups is 1. The van der Waals surface area contributed by atoms with Gasteiger partial charge in [0.1, 0.15) is 12.1 Å². The highest BCUT2D eigenvalue weighted by Gasteiger charge is 2.24. The smallest absolute Gasteiger partial charge is 0.230 e. The molecule has 0 radical (unpaired) electrons. The number of carbonyl (C=O) groups excluding carboxylic acids is 1. The van der Waals surface area contributed by atoms with Crippen LogP contribution >= 0.6 is 11.8 Å². The number of aryl methyl sites for hydroxylation is 1. The average molecular weight is 398 g/mol. The van der Waals surface area contributed by atoms with Gasteiger partial charge in [-0.2, -0.15) is 0 Å². The van der Waals surface area contributed by atoms with Crippen LogP contribution in [0.15, 0.2) is 48.0 Å². The largest absolute Gasteiger partial charge is 0.490 e. The molecule has 2 aromatic heterocycles. The predicted octanol–water partition coefficient (Wildman–Crippen LogP) is 2.96. The molecular formula is C20H23N5O2S. The number of benzene rings is 1. The van der Waals surface area contributed by atoms with Gasteiger partial charge in [-0.25, -0.2) is 0 Å². The average Bonchev–Trinajstić information content (AvgIpc) is 3.13. The van der Waals surface area contributed by atoms with E-state index >= 15 is 0 Å². The predicted molar refractivity (Wildman–Crippen MR) is 108 cm³/mol. The van der Waals surface area contributed by atoms with Gasteiger partial charge >= 0.3 is 0 Å². The van der Waals surface area contributed by atoms with E-state index in [1.165, 1.54) is 11.8 Å². The van der Waals surface area contributed by atoms with Crippen molar-refractivity contribution < 1.29 is 9.53 Å². The summed E-state index contributed by atoms with van der Waals surface area (Å²) in [4.78, 5) is 16.5. The lowest BCUT2D eigenvalue weighted by atomic mass is 9.93. The zero-order valence-electron chi connectivity index (χ0n) is 15.7. The Morgan fingerprint density at radius 2 is 2.14 bits per heavy atom. The standard InChI is InChI=1S/C20H23N5O2S/c1-25-13-22-24-20(25)28-12-19(26)23-15-4-6-16(7-5-15)27-17-8-9-18-14(11-17)3-2-10-21-18/h2-3,8-11,13,15-16H,4-7,12H2,1H3,(H,23,26). The highest BCUT2D eigenvalue weighted by Crippen LogP contribution is 2.26. The molecule has 0 atom stereocenters. The topological polar surface area (TPSA) is 81.9 Å². The first-order valence-electron chi connectivity index (χ1n) is 9.45. The Balaban J connectivity index is 1.22. The molecule has 1 saturated carbocycles. The lowest BCUT2D eigenvalue weighted by Crippen LogP contribution is -2.40. The molecule has 2 heterocycles. The Hall–Kier alpha value is -2.61. The maximum absolute atomic E-state index is 12.2. The monoisotopic (exact) mass is 397 g/mol. The molecular weight excluding hydrogens is 374 g/mol. The minimum atomic E-state index is 0.0411. The van der Waals surface area contributed by atoms with Gasteiger partial charge in [-0.15, -0.1) is 10.2 Å². The minimum Gasteiger partial charge on any atom is -0.490 e. The second kappa shape index (κ2) is 8.60. The third-order valence-corrected chi connectivity index (χ3v) is 5.95. The van der Waals surface area contributed by atoms with Crippen LogP contribution in [0, 0.1) is 0 Å². The van der Waals surface area contributed by atoms with Crippen molar-refractivity contribution in [2.75, 3.05) is 5.75 Å². The van der Waals surface area contributed by atoms with Crippen LogP contribution in [0.1, 0.15) is 25.7 Å². The summed E-state index contributed by atoms with van der Waals surface area (Å²) in [6.45, 7) is 0. The fourth-order valence-electron chi connectivity index (χ4n) is 3.45. The van der Waals surface area contributed by atoms with E-state index < -0.39 is 0 Å². The maximum Gasteiger partial charge on any atom is 0.230 e. The molecule has 0 aliphatic heterocycles. The van der Waals surface area contributed by atoms with Gasteiger partial charge in [0.2, 0.25) is 5.91 Å². The molecule has 0 bridgehead atoms. The summed E-state index contributed by atoms with van der Waals surface area (Å²) < 4.78 is 7.97. The molecule has 8 heteroatoms. The van der Waals surface area contributed by atoms with E-state index in [0.717, 1.165) is 47.5 Å². The Labute approximate surface area is 167 Å². The second-order valence-corrected chi connectivity index (χ2v) is 7.97. The first-order valence-corrected chi connectivity index (χ1v) is 10.4. The summed E-state index contributed by atoms with van der Waals surface area (Å²) in [5.41, 5.74) is 0.973. The van der Waals surface area contributed by atoms with Crippen molar-refractivity contribution in [2.45, 2.75) is 43.0 Å². The minimum absolute atomic E-state index is 0.0411. The van der Waals surface area contributed by atoms with E-state index in [1.807, 2.05) is 41.9 Å². The van der Waals surface area contributed by atoms with Crippen molar-refractivity contribution in [3.05, 3.63) is 42.9 Å². The summed E-state index contributed by atoms with van der Waals surface area (Å²) in [6.07, 6.45) is 7.35. The number of rotatable bonds is 6. The number of nitrogens with one attached hydrogen (secondary N) is 1. The highest BCUT2D eigenvalue weighted by atomic mass is 32.2. The second-order valence-electron chi connectivity index (χ2n) is 7.03. The molecule has 1 fully saturated rings. The van der Waals surface area contributed by atoms with Crippen LogP contribution in [0.4, 0.5) is 0 Å². The third-order valence-electron chi connectivity index (χ3n) is 4.92. The summed E-state index contributed by atoms with van der Waals surface area (Å²) in [6, 6.07) is 10.2. The van der Waals surface area contributed by atoms with Crippen LogP contribution in [0.3, 0.4) is 0 Å². The number of hydrogen-bond donors (Lipinski definition) is 1. The van der Waals surface area contributed by atoms with Gasteiger partial charge in [0.05, 0.1) is 17.4 Å². The fourth-order valence-corrected chi connectivity index (χ4v) is 4.15. The van der Waals surface area contributed by atoms with Gasteiger partial charge in [0.25, 0.3) is 0 Å². The number of fused-ring (bicyclic) bond motifs is 1. The summed E-state index contributed by atoms with van der Waals surface area (Å²) in [5, 5.41) is 12.8. The number of hydrogen-bond acceptors (Lipinski definition) is 6. The Morgan fingerprint density at radius 3 is 2.93 bits per heavy atom. The third kappa shape index (κ3) is 4.62. The normalized spacial score (nSPS) is 19.5. The van der Waals surface area contributed by atoms with Crippen LogP contribution in [-0.4, -0.2) is 43.6 Å². The number of amides is 1. The molecule has 1 aliphatic carbocycles. The number of carbonyl (C=O) groups is 1. The van der Waals surface area contributed by atoms with Crippen LogP contribution in [0.25, 0.3) is 10.9 Å². The summed E-state index contributed by atoms with van der Waals surface area (Å²) in [5.74, 6) is 1.28. The molecule has 1 aliphatic rings. The molecule has 7 nitrogen and oxygen atoms in total. The number of nitrogens with zero attached hydrogens (tertiary/aromatic N) is 4. The van der Waals surface area contributed by atoms with Gasteiger partial charge in [0.15, 0.2) is 5.16 Å². The zero-order valence-corrected chi connectivity index (χ0v) is 16.6. The molecule has 1 amide bonds. The molecule has 1 N–H and O–H groups in total. The van der Waals surface area contributed by atoms with E-state index in [2.05, 4.69) is 20.5 Å². The van der Waals surface area contributed by atoms with Crippen molar-refractivity contribution in [1.29, 1.82) is 0 Å². The van der Waals surface area contributed by atoms with Gasteiger partial charge in [-0.3, -0.25) is 9.78 Å². The van der Waals surface area contributed by atoms with Crippen molar-refractivity contribution in [3.8, 4) is 5.75 Å².